The molecule has 10 heteroatoms. The number of carbonyl (C=O) groups is 3. The van der Waals surface area contributed by atoms with Crippen molar-refractivity contribution in [3.05, 3.63) is 65.2 Å². The van der Waals surface area contributed by atoms with Crippen molar-refractivity contribution in [1.29, 1.82) is 0 Å². The Morgan fingerprint density at radius 3 is 2.47 bits per heavy atom. The van der Waals surface area contributed by atoms with E-state index in [1.807, 2.05) is 24.3 Å². The van der Waals surface area contributed by atoms with Crippen molar-refractivity contribution in [1.82, 2.24) is 14.5 Å². The summed E-state index contributed by atoms with van der Waals surface area (Å²) >= 11 is 0. The lowest BCUT2D eigenvalue weighted by Gasteiger charge is -2.33. The third-order valence-corrected chi connectivity index (χ3v) is 8.65. The van der Waals surface area contributed by atoms with Gasteiger partial charge in [0, 0.05) is 18.7 Å². The number of aryl methyl sites for hydroxylation is 1. The fraction of sp³-hybridized carbons (Fsp3) is 0.375. The van der Waals surface area contributed by atoms with E-state index in [0.717, 1.165) is 28.9 Å². The van der Waals surface area contributed by atoms with Crippen molar-refractivity contribution >= 4 is 27.7 Å². The summed E-state index contributed by atoms with van der Waals surface area (Å²) < 4.78 is 32.1. The first-order chi connectivity index (χ1) is 16.3. The van der Waals surface area contributed by atoms with Crippen LogP contribution in [0.4, 0.5) is 4.79 Å². The van der Waals surface area contributed by atoms with Crippen LogP contribution in [-0.4, -0.2) is 68.2 Å². The van der Waals surface area contributed by atoms with Gasteiger partial charge in [0.05, 0.1) is 24.7 Å². The number of sulfonamides is 1. The van der Waals surface area contributed by atoms with Crippen molar-refractivity contribution in [3.63, 3.8) is 0 Å². The molecule has 2 fully saturated rings. The third kappa shape index (κ3) is 3.71. The number of amides is 3. The zero-order valence-corrected chi connectivity index (χ0v) is 19.3. The summed E-state index contributed by atoms with van der Waals surface area (Å²) in [7, 11) is -3.68. The van der Waals surface area contributed by atoms with Crippen molar-refractivity contribution in [2.45, 2.75) is 29.7 Å². The predicted molar refractivity (Wildman–Crippen MR) is 122 cm³/mol. The quantitative estimate of drug-likeness (QED) is 0.511. The smallest absolute Gasteiger partial charge is 0.325 e. The molecule has 1 atom stereocenters. The minimum Gasteiger partial charge on any atom is -0.379 e. The number of hydrogen-bond donors (Lipinski definition) is 1. The van der Waals surface area contributed by atoms with Crippen LogP contribution in [0, 0.1) is 0 Å². The van der Waals surface area contributed by atoms with Crippen molar-refractivity contribution < 1.29 is 27.5 Å². The Hall–Kier alpha value is -3.08. The molecule has 1 aliphatic carbocycles. The van der Waals surface area contributed by atoms with E-state index < -0.39 is 39.8 Å². The monoisotopic (exact) mass is 483 g/mol. The zero-order chi connectivity index (χ0) is 23.9. The van der Waals surface area contributed by atoms with Crippen LogP contribution in [0.3, 0.4) is 0 Å². The Bertz CT molecular complexity index is 1250. The molecular weight excluding hydrogens is 458 g/mol. The van der Waals surface area contributed by atoms with Crippen molar-refractivity contribution in [2.24, 2.45) is 0 Å². The Labute approximate surface area is 197 Å². The van der Waals surface area contributed by atoms with Gasteiger partial charge in [-0.2, -0.15) is 4.31 Å². The number of fused-ring (bicyclic) bond motifs is 2. The Morgan fingerprint density at radius 2 is 1.74 bits per heavy atom. The van der Waals surface area contributed by atoms with Gasteiger partial charge in [0.2, 0.25) is 10.0 Å². The van der Waals surface area contributed by atoms with Crippen LogP contribution in [0.25, 0.3) is 0 Å². The summed E-state index contributed by atoms with van der Waals surface area (Å²) in [5.74, 6) is -0.871. The van der Waals surface area contributed by atoms with Crippen LogP contribution >= 0.6 is 0 Å². The van der Waals surface area contributed by atoms with E-state index >= 15 is 0 Å². The second-order valence-electron chi connectivity index (χ2n) is 8.70. The number of ether oxygens (including phenoxy) is 1. The molecule has 2 saturated heterocycles. The zero-order valence-electron chi connectivity index (χ0n) is 18.5. The lowest BCUT2D eigenvalue weighted by molar-refractivity contribution is -0.131. The largest absolute Gasteiger partial charge is 0.379 e. The minimum atomic E-state index is -3.68. The van der Waals surface area contributed by atoms with E-state index in [1.165, 1.54) is 28.6 Å². The Balaban J connectivity index is 1.33. The number of Topliss-reactive ketones (excluding diaryl/α,β-unsaturated/α-hetero) is 1. The molecule has 0 aromatic heterocycles. The maximum Gasteiger partial charge on any atom is 0.325 e. The molecule has 1 N–H and O–H groups in total. The van der Waals surface area contributed by atoms with Gasteiger partial charge in [0.15, 0.2) is 5.78 Å². The van der Waals surface area contributed by atoms with E-state index in [2.05, 4.69) is 5.32 Å². The summed E-state index contributed by atoms with van der Waals surface area (Å²) in [5.41, 5.74) is 0.897. The molecule has 0 radical (unpaired) electrons. The fourth-order valence-electron chi connectivity index (χ4n) is 4.94. The van der Waals surface area contributed by atoms with Crippen LogP contribution in [0.15, 0.2) is 53.4 Å². The summed E-state index contributed by atoms with van der Waals surface area (Å²) in [6.45, 7) is 0.825. The van der Waals surface area contributed by atoms with Crippen LogP contribution in [0.1, 0.15) is 34.3 Å². The molecule has 1 spiro atoms. The maximum absolute atomic E-state index is 13.4. The van der Waals surface area contributed by atoms with E-state index in [-0.39, 0.29) is 23.5 Å². The minimum absolute atomic E-state index is 0.0821. The number of morpholine rings is 1. The first-order valence-corrected chi connectivity index (χ1v) is 12.7. The standard InChI is InChI=1S/C24H25N3O6S/c28-21(18-7-9-19(10-8-18)34(31,32)26-12-14-33-15-13-26)16-27-22(29)24(25-23(27)30)11-3-5-17-4-1-2-6-20(17)24/h1-2,4,6-10H,3,5,11-16H2,(H,25,30)/t24-/m0/s1. The fourth-order valence-corrected chi connectivity index (χ4v) is 6.35. The van der Waals surface area contributed by atoms with Gasteiger partial charge in [-0.1, -0.05) is 24.3 Å². The number of benzene rings is 2. The molecule has 3 aliphatic rings. The number of imide groups is 1. The second kappa shape index (κ2) is 8.61. The van der Waals surface area contributed by atoms with Crippen molar-refractivity contribution in [2.75, 3.05) is 32.8 Å². The number of nitrogens with one attached hydrogen (secondary N) is 1. The number of rotatable bonds is 5. The average Bonchev–Trinajstić information content (AvgIpc) is 3.09. The summed E-state index contributed by atoms with van der Waals surface area (Å²) in [4.78, 5) is 40.1. The van der Waals surface area contributed by atoms with Gasteiger partial charge in [-0.15, -0.1) is 0 Å². The molecule has 2 aliphatic heterocycles. The van der Waals surface area contributed by atoms with Gasteiger partial charge in [-0.3, -0.25) is 14.5 Å². The third-order valence-electron chi connectivity index (χ3n) is 6.74. The molecule has 2 aromatic carbocycles. The highest BCUT2D eigenvalue weighted by molar-refractivity contribution is 7.89. The van der Waals surface area contributed by atoms with Gasteiger partial charge in [-0.05, 0) is 54.7 Å². The summed E-state index contributed by atoms with van der Waals surface area (Å²) in [6.07, 6.45) is 2.07. The predicted octanol–water partition coefficient (Wildman–Crippen LogP) is 1.67. The van der Waals surface area contributed by atoms with Gasteiger partial charge in [0.25, 0.3) is 5.91 Å². The number of nitrogens with zero attached hydrogens (tertiary/aromatic N) is 2. The van der Waals surface area contributed by atoms with Crippen LogP contribution in [-0.2, 0) is 31.5 Å². The molecule has 3 amide bonds. The maximum atomic E-state index is 13.4. The van der Waals surface area contributed by atoms with Gasteiger partial charge in [-0.25, -0.2) is 13.2 Å². The highest BCUT2D eigenvalue weighted by Crippen LogP contribution is 2.39. The molecule has 9 nitrogen and oxygen atoms in total. The number of hydrogen-bond acceptors (Lipinski definition) is 6. The molecule has 34 heavy (non-hydrogen) atoms. The summed E-state index contributed by atoms with van der Waals surface area (Å²) in [6, 6.07) is 12.5. The first kappa shape index (κ1) is 22.7. The number of urea groups is 1. The van der Waals surface area contributed by atoms with Gasteiger partial charge >= 0.3 is 6.03 Å². The lowest BCUT2D eigenvalue weighted by atomic mass is 9.76. The number of carbonyl (C=O) groups excluding carboxylic acids is 3. The van der Waals surface area contributed by atoms with Crippen molar-refractivity contribution in [3.8, 4) is 0 Å². The number of ketones is 1. The Kier molecular flexibility index (Phi) is 5.75. The van der Waals surface area contributed by atoms with Gasteiger partial charge in [0.1, 0.15) is 5.54 Å². The van der Waals surface area contributed by atoms with Gasteiger partial charge < -0.3 is 10.1 Å². The highest BCUT2D eigenvalue weighted by atomic mass is 32.2. The Morgan fingerprint density at radius 1 is 1.03 bits per heavy atom. The topological polar surface area (TPSA) is 113 Å². The molecule has 0 saturated carbocycles. The molecule has 2 aromatic rings. The first-order valence-electron chi connectivity index (χ1n) is 11.3. The normalized spacial score (nSPS) is 23.1. The lowest BCUT2D eigenvalue weighted by Crippen LogP contribution is -2.46. The highest BCUT2D eigenvalue weighted by Gasteiger charge is 2.54. The van der Waals surface area contributed by atoms with Crippen LogP contribution in [0.5, 0.6) is 0 Å². The summed E-state index contributed by atoms with van der Waals surface area (Å²) in [5, 5.41) is 2.84. The SMILES string of the molecule is O=C(CN1C(=O)N[C@]2(CCCc3ccccc32)C1=O)c1ccc(S(=O)(=O)N2CCOCC2)cc1. The van der Waals surface area contributed by atoms with Crippen LogP contribution < -0.4 is 5.32 Å². The average molecular weight is 484 g/mol. The molecule has 0 unspecified atom stereocenters. The van der Waals surface area contributed by atoms with E-state index in [9.17, 15) is 22.8 Å². The molecule has 178 valence electrons. The van der Waals surface area contributed by atoms with E-state index in [4.69, 9.17) is 4.74 Å². The van der Waals surface area contributed by atoms with Crippen LogP contribution in [0.2, 0.25) is 0 Å². The molecule has 2 heterocycles. The molecular formula is C24H25N3O6S. The second-order valence-corrected chi connectivity index (χ2v) is 10.6. The molecule has 5 rings (SSSR count). The van der Waals surface area contributed by atoms with E-state index in [0.29, 0.717) is 19.6 Å². The molecule has 0 bridgehead atoms. The van der Waals surface area contributed by atoms with E-state index in [1.54, 1.807) is 0 Å².